The third-order valence-electron chi connectivity index (χ3n) is 7.96. The third-order valence-corrected chi connectivity index (χ3v) is 7.96. The Kier molecular flexibility index (Phi) is 5.36. The second-order valence-electron chi connectivity index (χ2n) is 9.83. The lowest BCUT2D eigenvalue weighted by Gasteiger charge is -2.62. The molecule has 2 aromatic rings. The molecule has 8 heteroatoms. The number of nitrogens with two attached hydrogens (primary N) is 1. The Morgan fingerprint density at radius 1 is 1.23 bits per heavy atom. The maximum absolute atomic E-state index is 11.3. The van der Waals surface area contributed by atoms with E-state index >= 15 is 0 Å². The number of hydrogen-bond donors (Lipinski definition) is 2. The van der Waals surface area contributed by atoms with Crippen LogP contribution in [-0.4, -0.2) is 55.7 Å². The fourth-order valence-corrected chi connectivity index (χ4v) is 6.65. The molecular formula is C27H32N3O5-. The first-order valence-electron chi connectivity index (χ1n) is 12.2. The van der Waals surface area contributed by atoms with E-state index in [4.69, 9.17) is 30.0 Å². The Morgan fingerprint density at radius 2 is 2.03 bits per heavy atom. The fraction of sp³-hybridized carbons (Fsp3) is 0.481. The van der Waals surface area contributed by atoms with Crippen LogP contribution in [0.3, 0.4) is 0 Å². The van der Waals surface area contributed by atoms with Crippen molar-refractivity contribution in [2.75, 3.05) is 33.6 Å². The van der Waals surface area contributed by atoms with Gasteiger partial charge in [-0.05, 0) is 49.9 Å². The molecule has 2 unspecified atom stereocenters. The number of fused-ring (bicyclic) bond motifs is 9. The van der Waals surface area contributed by atoms with Crippen molar-refractivity contribution in [2.45, 2.75) is 50.9 Å². The summed E-state index contributed by atoms with van der Waals surface area (Å²) >= 11 is 0. The zero-order valence-corrected chi connectivity index (χ0v) is 20.5. The van der Waals surface area contributed by atoms with Gasteiger partial charge < -0.3 is 35.1 Å². The van der Waals surface area contributed by atoms with Gasteiger partial charge in [-0.2, -0.15) is 0 Å². The van der Waals surface area contributed by atoms with Crippen LogP contribution in [0.25, 0.3) is 5.32 Å². The molecule has 0 spiro atoms. The predicted molar refractivity (Wildman–Crippen MR) is 132 cm³/mol. The van der Waals surface area contributed by atoms with Crippen LogP contribution in [0, 0.1) is 13.8 Å². The fourth-order valence-electron chi connectivity index (χ4n) is 6.65. The number of hydrogen-bond acceptors (Lipinski definition) is 7. The number of methoxy groups -OCH3 is 1. The molecule has 0 aliphatic carbocycles. The number of aryl methyl sites for hydroxylation is 1. The van der Waals surface area contributed by atoms with Gasteiger partial charge in [0.25, 0.3) is 0 Å². The molecule has 35 heavy (non-hydrogen) atoms. The van der Waals surface area contributed by atoms with E-state index < -0.39 is 0 Å². The van der Waals surface area contributed by atoms with Crippen LogP contribution in [0.4, 0.5) is 0 Å². The van der Waals surface area contributed by atoms with E-state index in [1.165, 1.54) is 0 Å². The Balaban J connectivity index is 1.53. The lowest BCUT2D eigenvalue weighted by Crippen LogP contribution is -2.57. The minimum Gasteiger partial charge on any atom is -0.650 e. The normalized spacial score (nSPS) is 25.9. The maximum atomic E-state index is 11.3. The number of benzene rings is 2. The van der Waals surface area contributed by atoms with Crippen LogP contribution in [0.1, 0.15) is 45.5 Å². The first-order chi connectivity index (χ1) is 17.0. The van der Waals surface area contributed by atoms with Crippen molar-refractivity contribution in [3.63, 3.8) is 0 Å². The average molecular weight is 479 g/mol. The molecule has 186 valence electrons. The van der Waals surface area contributed by atoms with E-state index in [1.54, 1.807) is 13.2 Å². The lowest BCUT2D eigenvalue weighted by molar-refractivity contribution is 0.0724. The summed E-state index contributed by atoms with van der Waals surface area (Å²) in [6.45, 7) is 9.62. The molecule has 1 fully saturated rings. The zero-order valence-electron chi connectivity index (χ0n) is 20.5. The molecule has 4 heterocycles. The second-order valence-corrected chi connectivity index (χ2v) is 9.83. The highest BCUT2D eigenvalue weighted by molar-refractivity contribution is 5.66. The summed E-state index contributed by atoms with van der Waals surface area (Å²) in [5.74, 6) is 3.06. The van der Waals surface area contributed by atoms with Crippen molar-refractivity contribution in [3.05, 3.63) is 57.4 Å². The SMILES string of the molecule is C=CCOc1c(C)c2c(c3c1CC1[C@@H]4[N-]C(Cc5cc(C)c(OC)c(O)c54)CN1[C@H]3CN)OCO2. The van der Waals surface area contributed by atoms with Crippen LogP contribution in [-0.2, 0) is 12.8 Å². The van der Waals surface area contributed by atoms with Crippen molar-refractivity contribution in [1.29, 1.82) is 0 Å². The van der Waals surface area contributed by atoms with Crippen LogP contribution in [0.15, 0.2) is 18.7 Å². The molecule has 0 radical (unpaired) electrons. The van der Waals surface area contributed by atoms with Crippen LogP contribution in [0.2, 0.25) is 0 Å². The molecule has 2 aromatic carbocycles. The predicted octanol–water partition coefficient (Wildman–Crippen LogP) is 3.59. The second kappa shape index (κ2) is 8.33. The summed E-state index contributed by atoms with van der Waals surface area (Å²) in [5, 5.41) is 16.5. The molecule has 4 aliphatic rings. The third kappa shape index (κ3) is 3.16. The molecule has 0 aromatic heterocycles. The van der Waals surface area contributed by atoms with Crippen molar-refractivity contribution in [1.82, 2.24) is 4.90 Å². The van der Waals surface area contributed by atoms with E-state index in [0.717, 1.165) is 63.6 Å². The maximum Gasteiger partial charge on any atom is 0.231 e. The standard InChI is InChI=1S/C27H32N3O5/c1-5-6-33-25-14(3)26-27(35-12-34-26)21-17(25)9-18-22-20-15(7-13(2)24(32-4)23(20)31)8-16(29-22)11-30(18)19(21)10-28/h5,7,16,18-19,22,31H,1,6,8-12,28H2,2-4H3/q-1/t16?,18?,19-,22-/m0/s1. The monoisotopic (exact) mass is 478 g/mol. The van der Waals surface area contributed by atoms with Crippen molar-refractivity contribution >= 4 is 0 Å². The molecule has 4 atom stereocenters. The molecule has 3 N–H and O–H groups in total. The number of rotatable bonds is 5. The summed E-state index contributed by atoms with van der Waals surface area (Å²) in [7, 11) is 1.60. The Morgan fingerprint density at radius 3 is 2.77 bits per heavy atom. The number of piperazine rings is 1. The Bertz CT molecular complexity index is 1210. The highest BCUT2D eigenvalue weighted by Gasteiger charge is 2.46. The van der Waals surface area contributed by atoms with Crippen LogP contribution < -0.4 is 24.7 Å². The highest BCUT2D eigenvalue weighted by atomic mass is 16.7. The first kappa shape index (κ1) is 22.5. The van der Waals surface area contributed by atoms with Crippen molar-refractivity contribution in [3.8, 4) is 28.7 Å². The quantitative estimate of drug-likeness (QED) is 0.634. The minimum absolute atomic E-state index is 0.0236. The van der Waals surface area contributed by atoms with Gasteiger partial charge in [0.2, 0.25) is 6.79 Å². The van der Waals surface area contributed by atoms with Crippen molar-refractivity contribution < 1.29 is 24.1 Å². The zero-order chi connectivity index (χ0) is 24.4. The smallest absolute Gasteiger partial charge is 0.231 e. The van der Waals surface area contributed by atoms with Gasteiger partial charge in [-0.1, -0.05) is 24.8 Å². The van der Waals surface area contributed by atoms with E-state index in [-0.39, 0.29) is 36.7 Å². The van der Waals surface area contributed by atoms with Crippen LogP contribution in [0.5, 0.6) is 28.7 Å². The van der Waals surface area contributed by atoms with Crippen molar-refractivity contribution in [2.24, 2.45) is 5.73 Å². The lowest BCUT2D eigenvalue weighted by atomic mass is 9.75. The summed E-state index contributed by atoms with van der Waals surface area (Å²) in [6, 6.07) is 2.06. The van der Waals surface area contributed by atoms with Crippen LogP contribution >= 0.6 is 0 Å². The largest absolute Gasteiger partial charge is 0.650 e. The van der Waals surface area contributed by atoms with E-state index in [0.29, 0.717) is 25.3 Å². The molecule has 4 aliphatic heterocycles. The molecule has 8 nitrogen and oxygen atoms in total. The van der Waals surface area contributed by atoms with Gasteiger partial charge in [-0.3, -0.25) is 4.90 Å². The number of phenols is 1. The summed E-state index contributed by atoms with van der Waals surface area (Å²) in [5.41, 5.74) is 12.5. The van der Waals surface area contributed by atoms with Gasteiger partial charge >= 0.3 is 0 Å². The summed E-state index contributed by atoms with van der Waals surface area (Å²) in [6.07, 6.45) is 3.24. The number of phenolic OH excluding ortho intramolecular Hbond substituents is 1. The first-order valence-corrected chi connectivity index (χ1v) is 12.2. The highest BCUT2D eigenvalue weighted by Crippen LogP contribution is 2.57. The number of ether oxygens (including phenoxy) is 4. The summed E-state index contributed by atoms with van der Waals surface area (Å²) in [4.78, 5) is 2.47. The Hall–Kier alpha value is -2.94. The molecule has 2 bridgehead atoms. The van der Waals surface area contributed by atoms with Gasteiger partial charge in [-0.15, -0.1) is 6.04 Å². The molecule has 0 saturated carbocycles. The Labute approximate surface area is 205 Å². The van der Waals surface area contributed by atoms with Gasteiger partial charge in [0.05, 0.1) is 13.2 Å². The number of aromatic hydroxyl groups is 1. The van der Waals surface area contributed by atoms with Gasteiger partial charge in [0, 0.05) is 29.3 Å². The molecule has 0 amide bonds. The summed E-state index contributed by atoms with van der Waals surface area (Å²) < 4.78 is 23.6. The topological polar surface area (TPSA) is 101 Å². The van der Waals surface area contributed by atoms with Gasteiger partial charge in [0.15, 0.2) is 23.0 Å². The molecule has 1 saturated heterocycles. The minimum atomic E-state index is -0.188. The van der Waals surface area contributed by atoms with E-state index in [2.05, 4.69) is 17.5 Å². The molecule has 6 rings (SSSR count). The van der Waals surface area contributed by atoms with E-state index in [1.807, 2.05) is 13.8 Å². The number of nitrogens with zero attached hydrogens (tertiary/aromatic N) is 2. The van der Waals surface area contributed by atoms with E-state index in [9.17, 15) is 5.11 Å². The average Bonchev–Trinajstić information content (AvgIpc) is 3.33. The molecular weight excluding hydrogens is 446 g/mol. The van der Waals surface area contributed by atoms with Gasteiger partial charge in [0.1, 0.15) is 12.4 Å². The van der Waals surface area contributed by atoms with Gasteiger partial charge in [-0.25, -0.2) is 0 Å².